The van der Waals surface area contributed by atoms with Crippen molar-refractivity contribution in [2.75, 3.05) is 20.1 Å². The van der Waals surface area contributed by atoms with E-state index in [2.05, 4.69) is 10.3 Å². The first-order chi connectivity index (χ1) is 12.7. The van der Waals surface area contributed by atoms with Crippen LogP contribution in [0.2, 0.25) is 0 Å². The van der Waals surface area contributed by atoms with E-state index in [0.717, 1.165) is 47.1 Å². The molecule has 8 heteroatoms. The van der Waals surface area contributed by atoms with Gasteiger partial charge in [-0.15, -0.1) is 36.6 Å². The van der Waals surface area contributed by atoms with Crippen LogP contribution in [-0.2, 0) is 5.75 Å². The summed E-state index contributed by atoms with van der Waals surface area (Å²) in [5.41, 5.74) is 2.73. The summed E-state index contributed by atoms with van der Waals surface area (Å²) < 4.78 is 2.02. The van der Waals surface area contributed by atoms with Crippen LogP contribution in [0.4, 0.5) is 0 Å². The Labute approximate surface area is 181 Å². The molecule has 0 radical (unpaired) electrons. The van der Waals surface area contributed by atoms with Crippen LogP contribution >= 0.6 is 36.6 Å². The van der Waals surface area contributed by atoms with Gasteiger partial charge in [-0.05, 0) is 37.2 Å². The largest absolute Gasteiger partial charge is 0.337 e. The molecule has 0 spiro atoms. The molecular formula is C20H24Cl2N4OS. The van der Waals surface area contributed by atoms with Crippen LogP contribution in [0.5, 0.6) is 0 Å². The number of amides is 1. The lowest BCUT2D eigenvalue weighted by Crippen LogP contribution is -2.38. The van der Waals surface area contributed by atoms with Crippen LogP contribution in [0, 0.1) is 0 Å². The van der Waals surface area contributed by atoms with E-state index in [1.54, 1.807) is 11.8 Å². The van der Waals surface area contributed by atoms with Gasteiger partial charge in [0.25, 0.3) is 5.91 Å². The molecular weight excluding hydrogens is 415 g/mol. The van der Waals surface area contributed by atoms with E-state index >= 15 is 0 Å². The molecule has 2 aromatic heterocycles. The standard InChI is InChI=1S/C20H22N4OS.2ClH/c1-23(16-9-10-21-12-16)20(25)17-6-2-3-7-18(17)26-14-15-13-24-11-5-4-8-19(24)22-15;;/h2-8,11,13,16,21H,9-10,12,14H2,1H3;2*1H. The van der Waals surface area contributed by atoms with Crippen LogP contribution < -0.4 is 5.32 Å². The highest BCUT2D eigenvalue weighted by molar-refractivity contribution is 7.98. The number of nitrogens with one attached hydrogen (secondary N) is 1. The second-order valence-electron chi connectivity index (χ2n) is 6.55. The fourth-order valence-electron chi connectivity index (χ4n) is 3.30. The summed E-state index contributed by atoms with van der Waals surface area (Å²) in [7, 11) is 1.91. The van der Waals surface area contributed by atoms with Gasteiger partial charge in [0.1, 0.15) is 5.65 Å². The summed E-state index contributed by atoms with van der Waals surface area (Å²) in [5, 5.41) is 3.32. The number of aromatic nitrogens is 2. The molecule has 0 aliphatic carbocycles. The SMILES string of the molecule is CN(C(=O)c1ccccc1SCc1cn2ccccc2n1)C1CCNC1.Cl.Cl. The number of benzene rings is 1. The number of nitrogens with zero attached hydrogens (tertiary/aromatic N) is 3. The fraction of sp³-hybridized carbons (Fsp3) is 0.300. The maximum atomic E-state index is 13.0. The fourth-order valence-corrected chi connectivity index (χ4v) is 4.23. The molecule has 1 aliphatic rings. The maximum Gasteiger partial charge on any atom is 0.255 e. The number of halogens is 2. The minimum absolute atomic E-state index is 0. The highest BCUT2D eigenvalue weighted by Crippen LogP contribution is 2.27. The van der Waals surface area contributed by atoms with Crippen molar-refractivity contribution in [1.29, 1.82) is 0 Å². The number of hydrogen-bond donors (Lipinski definition) is 1. The van der Waals surface area contributed by atoms with E-state index in [9.17, 15) is 4.79 Å². The molecule has 1 N–H and O–H groups in total. The first-order valence-corrected chi connectivity index (χ1v) is 9.83. The molecule has 3 heterocycles. The Hall–Kier alpha value is -1.73. The second kappa shape index (κ2) is 10.2. The predicted octanol–water partition coefficient (Wildman–Crippen LogP) is 3.90. The summed E-state index contributed by atoms with van der Waals surface area (Å²) in [6.45, 7) is 1.85. The molecule has 0 saturated carbocycles. The minimum atomic E-state index is 0. The third-order valence-corrected chi connectivity index (χ3v) is 5.92. The minimum Gasteiger partial charge on any atom is -0.337 e. The van der Waals surface area contributed by atoms with Crippen molar-refractivity contribution in [3.8, 4) is 0 Å². The molecule has 3 aromatic rings. The van der Waals surface area contributed by atoms with Crippen LogP contribution in [0.3, 0.4) is 0 Å². The smallest absolute Gasteiger partial charge is 0.255 e. The Bertz CT molecular complexity index is 894. The van der Waals surface area contributed by atoms with E-state index in [0.29, 0.717) is 0 Å². The van der Waals surface area contributed by atoms with Crippen molar-refractivity contribution >= 4 is 48.1 Å². The Morgan fingerprint density at radius 3 is 2.79 bits per heavy atom. The number of carbonyl (C=O) groups is 1. The summed E-state index contributed by atoms with van der Waals surface area (Å²) in [6.07, 6.45) is 5.06. The second-order valence-corrected chi connectivity index (χ2v) is 7.56. The lowest BCUT2D eigenvalue weighted by molar-refractivity contribution is 0.0740. The van der Waals surface area contributed by atoms with Crippen LogP contribution in [0.25, 0.3) is 5.65 Å². The number of rotatable bonds is 5. The normalized spacial score (nSPS) is 15.7. The molecule has 1 unspecified atom stereocenters. The maximum absolute atomic E-state index is 13.0. The predicted molar refractivity (Wildman–Crippen MR) is 119 cm³/mol. The molecule has 0 bridgehead atoms. The van der Waals surface area contributed by atoms with Crippen molar-refractivity contribution in [1.82, 2.24) is 19.6 Å². The number of thioether (sulfide) groups is 1. The van der Waals surface area contributed by atoms with Crippen molar-refractivity contribution in [2.24, 2.45) is 0 Å². The van der Waals surface area contributed by atoms with Crippen LogP contribution in [-0.4, -0.2) is 46.4 Å². The van der Waals surface area contributed by atoms with Gasteiger partial charge in [0.15, 0.2) is 0 Å². The number of hydrogen-bond acceptors (Lipinski definition) is 4. The van der Waals surface area contributed by atoms with Gasteiger partial charge in [-0.3, -0.25) is 4.79 Å². The van der Waals surface area contributed by atoms with E-state index in [1.807, 2.05) is 71.2 Å². The van der Waals surface area contributed by atoms with Gasteiger partial charge in [0, 0.05) is 42.7 Å². The number of fused-ring (bicyclic) bond motifs is 1. The molecule has 28 heavy (non-hydrogen) atoms. The highest BCUT2D eigenvalue weighted by Gasteiger charge is 2.25. The Kier molecular flexibility index (Phi) is 8.19. The molecule has 5 nitrogen and oxygen atoms in total. The first-order valence-electron chi connectivity index (χ1n) is 8.85. The Balaban J connectivity index is 0.00000140. The molecule has 1 aliphatic heterocycles. The zero-order chi connectivity index (χ0) is 17.9. The van der Waals surface area contributed by atoms with Crippen molar-refractivity contribution in [2.45, 2.75) is 23.1 Å². The summed E-state index contributed by atoms with van der Waals surface area (Å²) in [5.74, 6) is 0.831. The quantitative estimate of drug-likeness (QED) is 0.613. The number of imidazole rings is 1. The van der Waals surface area contributed by atoms with Crippen molar-refractivity contribution in [3.63, 3.8) is 0 Å². The monoisotopic (exact) mass is 438 g/mol. The van der Waals surface area contributed by atoms with Gasteiger partial charge < -0.3 is 14.6 Å². The summed E-state index contributed by atoms with van der Waals surface area (Å²) >= 11 is 1.66. The molecule has 1 saturated heterocycles. The highest BCUT2D eigenvalue weighted by atomic mass is 35.5. The third kappa shape index (κ3) is 4.81. The molecule has 1 aromatic carbocycles. The van der Waals surface area contributed by atoms with Crippen molar-refractivity contribution < 1.29 is 4.79 Å². The van der Waals surface area contributed by atoms with Gasteiger partial charge in [0.05, 0.1) is 11.3 Å². The molecule has 4 rings (SSSR count). The molecule has 150 valence electrons. The molecule has 1 atom stereocenters. The van der Waals surface area contributed by atoms with E-state index in [1.165, 1.54) is 0 Å². The van der Waals surface area contributed by atoms with Gasteiger partial charge in [-0.1, -0.05) is 18.2 Å². The van der Waals surface area contributed by atoms with E-state index in [4.69, 9.17) is 0 Å². The number of carbonyl (C=O) groups excluding carboxylic acids is 1. The average molecular weight is 439 g/mol. The molecule has 1 fully saturated rings. The van der Waals surface area contributed by atoms with Gasteiger partial charge in [0.2, 0.25) is 0 Å². The topological polar surface area (TPSA) is 49.6 Å². The lowest BCUT2D eigenvalue weighted by Gasteiger charge is -2.24. The van der Waals surface area contributed by atoms with E-state index in [-0.39, 0.29) is 36.8 Å². The number of likely N-dealkylation sites (N-methyl/N-ethyl adjacent to an activating group) is 1. The van der Waals surface area contributed by atoms with Crippen LogP contribution in [0.15, 0.2) is 59.8 Å². The zero-order valence-electron chi connectivity index (χ0n) is 15.6. The Morgan fingerprint density at radius 2 is 2.04 bits per heavy atom. The third-order valence-electron chi connectivity index (χ3n) is 4.81. The van der Waals surface area contributed by atoms with Crippen molar-refractivity contribution in [3.05, 3.63) is 66.1 Å². The van der Waals surface area contributed by atoms with Gasteiger partial charge in [-0.25, -0.2) is 4.98 Å². The van der Waals surface area contributed by atoms with Gasteiger partial charge in [-0.2, -0.15) is 0 Å². The summed E-state index contributed by atoms with van der Waals surface area (Å²) in [4.78, 5) is 20.5. The number of pyridine rings is 1. The van der Waals surface area contributed by atoms with Crippen LogP contribution in [0.1, 0.15) is 22.5 Å². The van der Waals surface area contributed by atoms with E-state index < -0.39 is 0 Å². The first kappa shape index (κ1) is 22.6. The zero-order valence-corrected chi connectivity index (χ0v) is 18.0. The Morgan fingerprint density at radius 1 is 1.25 bits per heavy atom. The lowest BCUT2D eigenvalue weighted by atomic mass is 10.1. The molecule has 1 amide bonds. The average Bonchev–Trinajstić information content (AvgIpc) is 3.34. The van der Waals surface area contributed by atoms with Gasteiger partial charge >= 0.3 is 0 Å². The summed E-state index contributed by atoms with van der Waals surface area (Å²) in [6, 6.07) is 14.1.